The van der Waals surface area contributed by atoms with E-state index in [9.17, 15) is 13.2 Å². The predicted molar refractivity (Wildman–Crippen MR) is 83.8 cm³/mol. The van der Waals surface area contributed by atoms with Gasteiger partial charge in [-0.2, -0.15) is 4.72 Å². The number of fused-ring (bicyclic) bond motifs is 1. The number of carbonyl (C=O) groups excluding carboxylic acids is 1. The number of sulfonamides is 1. The minimum Gasteiger partial charge on any atom is -0.395 e. The summed E-state index contributed by atoms with van der Waals surface area (Å²) in [5, 5.41) is 12.8. The third-order valence-corrected chi connectivity index (χ3v) is 4.71. The Hall–Kier alpha value is -1.96. The van der Waals surface area contributed by atoms with Crippen LogP contribution >= 0.6 is 0 Å². The molecule has 0 bridgehead atoms. The molecule has 0 unspecified atom stereocenters. The summed E-state index contributed by atoms with van der Waals surface area (Å²) in [7, 11) is -3.79. The second-order valence-corrected chi connectivity index (χ2v) is 6.58. The monoisotopic (exact) mass is 322 g/mol. The van der Waals surface area contributed by atoms with E-state index in [-0.39, 0.29) is 18.0 Å². The lowest BCUT2D eigenvalue weighted by atomic mass is 10.1. The molecule has 3 N–H and O–H groups in total. The molecule has 0 radical (unpaired) electrons. The second kappa shape index (κ2) is 6.87. The third kappa shape index (κ3) is 3.82. The molecule has 1 atom stereocenters. The first-order valence-corrected chi connectivity index (χ1v) is 8.32. The molecule has 6 nitrogen and oxygen atoms in total. The van der Waals surface area contributed by atoms with E-state index in [2.05, 4.69) is 10.0 Å². The quantitative estimate of drug-likeness (QED) is 0.726. The maximum atomic E-state index is 12.3. The van der Waals surface area contributed by atoms with E-state index in [0.29, 0.717) is 0 Å². The molecule has 7 heteroatoms. The van der Waals surface area contributed by atoms with Crippen LogP contribution in [0.15, 0.2) is 47.4 Å². The first kappa shape index (κ1) is 16.4. The number of aliphatic hydroxyl groups is 1. The van der Waals surface area contributed by atoms with Gasteiger partial charge in [-0.05, 0) is 29.8 Å². The summed E-state index contributed by atoms with van der Waals surface area (Å²) in [6.07, 6.45) is 0. The lowest BCUT2D eigenvalue weighted by Gasteiger charge is -2.14. The Morgan fingerprint density at radius 2 is 1.86 bits per heavy atom. The first-order valence-electron chi connectivity index (χ1n) is 6.84. The third-order valence-electron chi connectivity index (χ3n) is 3.17. The van der Waals surface area contributed by atoms with Gasteiger partial charge < -0.3 is 10.4 Å². The number of hydrogen-bond donors (Lipinski definition) is 3. The summed E-state index contributed by atoms with van der Waals surface area (Å²) in [5.41, 5.74) is 0. The number of aliphatic hydroxyl groups excluding tert-OH is 1. The molecule has 118 valence electrons. The van der Waals surface area contributed by atoms with Crippen molar-refractivity contribution in [1.29, 1.82) is 0 Å². The van der Waals surface area contributed by atoms with Crippen LogP contribution in [0.4, 0.5) is 0 Å². The fourth-order valence-electron chi connectivity index (χ4n) is 2.02. The van der Waals surface area contributed by atoms with Crippen LogP contribution in [0.1, 0.15) is 6.92 Å². The Kier molecular flexibility index (Phi) is 5.12. The molecular weight excluding hydrogens is 304 g/mol. The molecule has 0 aliphatic heterocycles. The number of nitrogens with one attached hydrogen (secondary N) is 2. The molecule has 2 rings (SSSR count). The number of carbonyl (C=O) groups is 1. The average molecular weight is 322 g/mol. The molecule has 22 heavy (non-hydrogen) atoms. The van der Waals surface area contributed by atoms with Gasteiger partial charge in [-0.1, -0.05) is 30.3 Å². The maximum Gasteiger partial charge on any atom is 0.241 e. The number of amides is 1. The van der Waals surface area contributed by atoms with Crippen molar-refractivity contribution in [2.24, 2.45) is 0 Å². The topological polar surface area (TPSA) is 95.5 Å². The van der Waals surface area contributed by atoms with Crippen molar-refractivity contribution in [2.75, 3.05) is 13.2 Å². The SMILES string of the molecule is C[C@@H](NS(=O)(=O)c1ccc2ccccc2c1)C(=O)NCCO. The Morgan fingerprint density at radius 1 is 1.18 bits per heavy atom. The van der Waals surface area contributed by atoms with E-state index in [1.807, 2.05) is 24.3 Å². The fourth-order valence-corrected chi connectivity index (χ4v) is 3.26. The lowest BCUT2D eigenvalue weighted by Crippen LogP contribution is -2.45. The standard InChI is InChI=1S/C15H18N2O4S/c1-11(15(19)16-8-9-18)17-22(20,21)14-7-6-12-4-2-3-5-13(12)10-14/h2-7,10-11,17-18H,8-9H2,1H3,(H,16,19)/t11-/m1/s1. The number of benzene rings is 2. The van der Waals surface area contributed by atoms with Crippen molar-refractivity contribution < 1.29 is 18.3 Å². The van der Waals surface area contributed by atoms with Crippen molar-refractivity contribution >= 4 is 26.7 Å². The Balaban J connectivity index is 2.19. The van der Waals surface area contributed by atoms with Crippen LogP contribution in [-0.2, 0) is 14.8 Å². The van der Waals surface area contributed by atoms with Gasteiger partial charge in [0.1, 0.15) is 0 Å². The van der Waals surface area contributed by atoms with Gasteiger partial charge in [0.2, 0.25) is 15.9 Å². The number of rotatable bonds is 6. The van der Waals surface area contributed by atoms with Crippen LogP contribution in [-0.4, -0.2) is 38.6 Å². The maximum absolute atomic E-state index is 12.3. The van der Waals surface area contributed by atoms with Crippen LogP contribution in [0.2, 0.25) is 0 Å². The zero-order valence-electron chi connectivity index (χ0n) is 12.1. The molecule has 2 aromatic rings. The average Bonchev–Trinajstić information content (AvgIpc) is 2.51. The molecule has 1 amide bonds. The van der Waals surface area contributed by atoms with Crippen molar-refractivity contribution in [3.05, 3.63) is 42.5 Å². The summed E-state index contributed by atoms with van der Waals surface area (Å²) in [4.78, 5) is 11.8. The highest BCUT2D eigenvalue weighted by Crippen LogP contribution is 2.19. The second-order valence-electron chi connectivity index (χ2n) is 4.87. The molecular formula is C15H18N2O4S. The molecule has 0 fully saturated rings. The van der Waals surface area contributed by atoms with Gasteiger partial charge in [0.25, 0.3) is 0 Å². The Morgan fingerprint density at radius 3 is 2.55 bits per heavy atom. The van der Waals surface area contributed by atoms with E-state index in [1.165, 1.54) is 13.0 Å². The molecule has 2 aromatic carbocycles. The smallest absolute Gasteiger partial charge is 0.241 e. The first-order chi connectivity index (χ1) is 10.4. The summed E-state index contributed by atoms with van der Waals surface area (Å²) < 4.78 is 27.0. The van der Waals surface area contributed by atoms with E-state index in [1.54, 1.807) is 12.1 Å². The molecule has 0 spiro atoms. The van der Waals surface area contributed by atoms with Crippen LogP contribution in [0.3, 0.4) is 0 Å². The zero-order chi connectivity index (χ0) is 16.2. The van der Waals surface area contributed by atoms with Crippen molar-refractivity contribution in [1.82, 2.24) is 10.0 Å². The molecule has 0 saturated carbocycles. The lowest BCUT2D eigenvalue weighted by molar-refractivity contribution is -0.122. The zero-order valence-corrected chi connectivity index (χ0v) is 12.9. The van der Waals surface area contributed by atoms with Gasteiger partial charge in [-0.15, -0.1) is 0 Å². The van der Waals surface area contributed by atoms with Gasteiger partial charge in [0, 0.05) is 6.54 Å². The highest BCUT2D eigenvalue weighted by molar-refractivity contribution is 7.89. The van der Waals surface area contributed by atoms with Gasteiger partial charge in [0.05, 0.1) is 17.5 Å². The van der Waals surface area contributed by atoms with Gasteiger partial charge in [-0.3, -0.25) is 4.79 Å². The summed E-state index contributed by atoms with van der Waals surface area (Å²) in [6.45, 7) is 1.34. The van der Waals surface area contributed by atoms with E-state index in [0.717, 1.165) is 10.8 Å². The minimum atomic E-state index is -3.79. The molecule has 0 heterocycles. The molecule has 0 aliphatic carbocycles. The minimum absolute atomic E-state index is 0.0842. The summed E-state index contributed by atoms with van der Waals surface area (Å²) in [5.74, 6) is -0.488. The van der Waals surface area contributed by atoms with E-state index < -0.39 is 22.0 Å². The van der Waals surface area contributed by atoms with E-state index in [4.69, 9.17) is 5.11 Å². The molecule has 0 aromatic heterocycles. The van der Waals surface area contributed by atoms with Crippen molar-refractivity contribution in [2.45, 2.75) is 17.9 Å². The molecule has 0 saturated heterocycles. The van der Waals surface area contributed by atoms with Crippen LogP contribution < -0.4 is 10.0 Å². The molecule has 0 aliphatic rings. The van der Waals surface area contributed by atoms with Gasteiger partial charge >= 0.3 is 0 Å². The van der Waals surface area contributed by atoms with Crippen LogP contribution in [0.5, 0.6) is 0 Å². The normalized spacial score (nSPS) is 13.0. The summed E-state index contributed by atoms with van der Waals surface area (Å²) in [6, 6.07) is 11.3. The van der Waals surface area contributed by atoms with Crippen molar-refractivity contribution in [3.8, 4) is 0 Å². The Bertz CT molecular complexity index is 774. The predicted octanol–water partition coefficient (Wildman–Crippen LogP) is 0.615. The highest BCUT2D eigenvalue weighted by atomic mass is 32.2. The van der Waals surface area contributed by atoms with E-state index >= 15 is 0 Å². The van der Waals surface area contributed by atoms with Crippen LogP contribution in [0.25, 0.3) is 10.8 Å². The van der Waals surface area contributed by atoms with Gasteiger partial charge in [0.15, 0.2) is 0 Å². The largest absolute Gasteiger partial charge is 0.395 e. The number of hydrogen-bond acceptors (Lipinski definition) is 4. The van der Waals surface area contributed by atoms with Crippen molar-refractivity contribution in [3.63, 3.8) is 0 Å². The highest BCUT2D eigenvalue weighted by Gasteiger charge is 2.21. The fraction of sp³-hybridized carbons (Fsp3) is 0.267. The summed E-state index contributed by atoms with van der Waals surface area (Å²) >= 11 is 0. The Labute approximate surface area is 129 Å². The van der Waals surface area contributed by atoms with Gasteiger partial charge in [-0.25, -0.2) is 8.42 Å². The van der Waals surface area contributed by atoms with Crippen LogP contribution in [0, 0.1) is 0 Å².